The Hall–Kier alpha value is -2.36. The lowest BCUT2D eigenvalue weighted by atomic mass is 10.0. The van der Waals surface area contributed by atoms with E-state index in [-0.39, 0.29) is 18.1 Å². The fourth-order valence-electron chi connectivity index (χ4n) is 1.91. The van der Waals surface area contributed by atoms with Gasteiger partial charge in [-0.25, -0.2) is 4.39 Å². The fraction of sp³-hybridized carbons (Fsp3) is 0.133. The predicted molar refractivity (Wildman–Crippen MR) is 71.3 cm³/mol. The van der Waals surface area contributed by atoms with Crippen LogP contribution in [0.25, 0.3) is 11.1 Å². The third kappa shape index (κ3) is 3.10. The third-order valence-corrected chi connectivity index (χ3v) is 2.80. The zero-order valence-corrected chi connectivity index (χ0v) is 10.5. The molecule has 0 aliphatic carbocycles. The number of benzene rings is 2. The highest BCUT2D eigenvalue weighted by Gasteiger charge is 2.07. The van der Waals surface area contributed by atoms with Crippen molar-refractivity contribution in [2.75, 3.05) is 7.11 Å². The molecule has 98 valence electrons. The van der Waals surface area contributed by atoms with E-state index >= 15 is 0 Å². The van der Waals surface area contributed by atoms with Crippen molar-refractivity contribution in [1.29, 1.82) is 0 Å². The van der Waals surface area contributed by atoms with E-state index in [1.165, 1.54) is 19.2 Å². The van der Waals surface area contributed by atoms with E-state index in [0.29, 0.717) is 11.3 Å². The number of amides is 1. The Morgan fingerprint density at radius 1 is 1.21 bits per heavy atom. The summed E-state index contributed by atoms with van der Waals surface area (Å²) in [4.78, 5) is 10.8. The topological polar surface area (TPSA) is 52.3 Å². The second-order valence-corrected chi connectivity index (χ2v) is 4.18. The minimum absolute atomic E-state index is 0.195. The lowest BCUT2D eigenvalue weighted by molar-refractivity contribution is -0.117. The molecule has 0 heterocycles. The van der Waals surface area contributed by atoms with Gasteiger partial charge in [0.2, 0.25) is 5.91 Å². The van der Waals surface area contributed by atoms with E-state index in [1.54, 1.807) is 18.2 Å². The third-order valence-electron chi connectivity index (χ3n) is 2.80. The maximum atomic E-state index is 13.3. The van der Waals surface area contributed by atoms with Crippen molar-refractivity contribution in [3.8, 4) is 16.9 Å². The lowest BCUT2D eigenvalue weighted by Crippen LogP contribution is -2.13. The molecular weight excluding hydrogens is 245 g/mol. The molecule has 2 aromatic rings. The molecule has 0 spiro atoms. The van der Waals surface area contributed by atoms with Crippen molar-refractivity contribution in [1.82, 2.24) is 0 Å². The van der Waals surface area contributed by atoms with Gasteiger partial charge in [-0.15, -0.1) is 0 Å². The summed E-state index contributed by atoms with van der Waals surface area (Å²) >= 11 is 0. The molecule has 1 amide bonds. The van der Waals surface area contributed by atoms with Crippen LogP contribution in [0.1, 0.15) is 5.56 Å². The van der Waals surface area contributed by atoms with E-state index in [1.807, 2.05) is 12.1 Å². The van der Waals surface area contributed by atoms with Crippen LogP contribution in [-0.4, -0.2) is 13.0 Å². The number of carbonyl (C=O) groups excluding carboxylic acids is 1. The van der Waals surface area contributed by atoms with Crippen molar-refractivity contribution < 1.29 is 13.9 Å². The SMILES string of the molecule is COc1ccc(F)cc1-c1ccc(CC(N)=O)cc1. The molecule has 0 unspecified atom stereocenters. The molecule has 4 heteroatoms. The molecule has 2 aromatic carbocycles. The lowest BCUT2D eigenvalue weighted by Gasteiger charge is -2.09. The molecular formula is C15H14FNO2. The number of hydrogen-bond acceptors (Lipinski definition) is 2. The van der Waals surface area contributed by atoms with Crippen LogP contribution in [-0.2, 0) is 11.2 Å². The van der Waals surface area contributed by atoms with Gasteiger partial charge in [0, 0.05) is 5.56 Å². The molecule has 2 N–H and O–H groups in total. The van der Waals surface area contributed by atoms with Gasteiger partial charge in [-0.3, -0.25) is 4.79 Å². The summed E-state index contributed by atoms with van der Waals surface area (Å²) in [6, 6.07) is 11.6. The first kappa shape index (κ1) is 13.1. The van der Waals surface area contributed by atoms with Crippen molar-refractivity contribution in [3.05, 3.63) is 53.8 Å². The Morgan fingerprint density at radius 2 is 1.89 bits per heavy atom. The van der Waals surface area contributed by atoms with Crippen molar-refractivity contribution in [2.45, 2.75) is 6.42 Å². The van der Waals surface area contributed by atoms with Crippen LogP contribution in [0.15, 0.2) is 42.5 Å². The van der Waals surface area contributed by atoms with Gasteiger partial charge in [0.1, 0.15) is 11.6 Å². The molecule has 0 saturated carbocycles. The molecule has 0 radical (unpaired) electrons. The van der Waals surface area contributed by atoms with E-state index in [9.17, 15) is 9.18 Å². The summed E-state index contributed by atoms with van der Waals surface area (Å²) in [7, 11) is 1.54. The minimum atomic E-state index is -0.379. The van der Waals surface area contributed by atoms with Crippen LogP contribution >= 0.6 is 0 Å². The second-order valence-electron chi connectivity index (χ2n) is 4.18. The van der Waals surface area contributed by atoms with Crippen LogP contribution in [0.4, 0.5) is 4.39 Å². The molecule has 19 heavy (non-hydrogen) atoms. The number of carbonyl (C=O) groups is 1. The average Bonchev–Trinajstić information content (AvgIpc) is 2.39. The molecule has 3 nitrogen and oxygen atoms in total. The van der Waals surface area contributed by atoms with Crippen LogP contribution in [0, 0.1) is 5.82 Å². The van der Waals surface area contributed by atoms with E-state index in [4.69, 9.17) is 10.5 Å². The van der Waals surface area contributed by atoms with Gasteiger partial charge < -0.3 is 10.5 Å². The zero-order valence-electron chi connectivity index (χ0n) is 10.5. The highest BCUT2D eigenvalue weighted by molar-refractivity contribution is 5.77. The van der Waals surface area contributed by atoms with Gasteiger partial charge in [-0.2, -0.15) is 0 Å². The number of methoxy groups -OCH3 is 1. The summed E-state index contributed by atoms with van der Waals surface area (Å²) in [6.07, 6.45) is 0.195. The molecule has 0 aliphatic rings. The normalized spacial score (nSPS) is 10.2. The average molecular weight is 259 g/mol. The number of hydrogen-bond donors (Lipinski definition) is 1. The highest BCUT2D eigenvalue weighted by atomic mass is 19.1. The standard InChI is InChI=1S/C15H14FNO2/c1-19-14-7-6-12(16)9-13(14)11-4-2-10(3-5-11)8-15(17)18/h2-7,9H,8H2,1H3,(H2,17,18). The second kappa shape index (κ2) is 5.52. The molecule has 0 aliphatic heterocycles. The van der Waals surface area contributed by atoms with Crippen LogP contribution in [0.3, 0.4) is 0 Å². The summed E-state index contributed by atoms with van der Waals surface area (Å²) in [6.45, 7) is 0. The first-order chi connectivity index (χ1) is 9.10. The number of nitrogens with two attached hydrogens (primary N) is 1. The van der Waals surface area contributed by atoms with Gasteiger partial charge >= 0.3 is 0 Å². The van der Waals surface area contributed by atoms with E-state index < -0.39 is 0 Å². The highest BCUT2D eigenvalue weighted by Crippen LogP contribution is 2.30. The Balaban J connectivity index is 2.36. The van der Waals surface area contributed by atoms with Gasteiger partial charge in [0.05, 0.1) is 13.5 Å². The molecule has 0 fully saturated rings. The van der Waals surface area contributed by atoms with Gasteiger partial charge in [0.15, 0.2) is 0 Å². The maximum absolute atomic E-state index is 13.3. The summed E-state index contributed by atoms with van der Waals surface area (Å²) < 4.78 is 18.5. The Labute approximate surface area is 110 Å². The maximum Gasteiger partial charge on any atom is 0.221 e. The Bertz CT molecular complexity index is 594. The summed E-state index contributed by atoms with van der Waals surface area (Å²) in [5.74, 6) is -0.0999. The largest absolute Gasteiger partial charge is 0.496 e. The number of primary amides is 1. The smallest absolute Gasteiger partial charge is 0.221 e. The predicted octanol–water partition coefficient (Wildman–Crippen LogP) is 2.53. The van der Waals surface area contributed by atoms with E-state index in [2.05, 4.69) is 0 Å². The molecule has 2 rings (SSSR count). The summed E-state index contributed by atoms with van der Waals surface area (Å²) in [5, 5.41) is 0. The fourth-order valence-corrected chi connectivity index (χ4v) is 1.91. The van der Waals surface area contributed by atoms with Crippen molar-refractivity contribution in [3.63, 3.8) is 0 Å². The van der Waals surface area contributed by atoms with Crippen LogP contribution in [0.5, 0.6) is 5.75 Å². The van der Waals surface area contributed by atoms with Crippen LogP contribution in [0.2, 0.25) is 0 Å². The molecule has 0 bridgehead atoms. The van der Waals surface area contributed by atoms with Gasteiger partial charge in [0.25, 0.3) is 0 Å². The number of ether oxygens (including phenoxy) is 1. The summed E-state index contributed by atoms with van der Waals surface area (Å²) in [5.41, 5.74) is 7.45. The van der Waals surface area contributed by atoms with E-state index in [0.717, 1.165) is 11.1 Å². The van der Waals surface area contributed by atoms with Crippen molar-refractivity contribution in [2.24, 2.45) is 5.73 Å². The van der Waals surface area contributed by atoms with Gasteiger partial charge in [-0.05, 0) is 29.3 Å². The Kier molecular flexibility index (Phi) is 3.80. The van der Waals surface area contributed by atoms with Crippen molar-refractivity contribution >= 4 is 5.91 Å². The van der Waals surface area contributed by atoms with Gasteiger partial charge in [-0.1, -0.05) is 24.3 Å². The molecule has 0 atom stereocenters. The van der Waals surface area contributed by atoms with Crippen LogP contribution < -0.4 is 10.5 Å². The minimum Gasteiger partial charge on any atom is -0.496 e. The quantitative estimate of drug-likeness (QED) is 0.917. The monoisotopic (exact) mass is 259 g/mol. The first-order valence-corrected chi connectivity index (χ1v) is 5.81. The Morgan fingerprint density at radius 3 is 2.47 bits per heavy atom. The number of rotatable bonds is 4. The first-order valence-electron chi connectivity index (χ1n) is 5.81. The zero-order chi connectivity index (χ0) is 13.8. The molecule has 0 saturated heterocycles. The molecule has 0 aromatic heterocycles. The number of halogens is 1.